The summed E-state index contributed by atoms with van der Waals surface area (Å²) in [6.45, 7) is 4.34. The van der Waals surface area contributed by atoms with Crippen LogP contribution in [-0.4, -0.2) is 15.1 Å². The van der Waals surface area contributed by atoms with Crippen LogP contribution in [0.1, 0.15) is 62.7 Å². The Balaban J connectivity index is 1.72. The van der Waals surface area contributed by atoms with Gasteiger partial charge in [0.25, 0.3) is 0 Å². The number of aromatic amines is 1. The summed E-state index contributed by atoms with van der Waals surface area (Å²) in [6, 6.07) is 8.31. The first-order chi connectivity index (χ1) is 10.8. The quantitative estimate of drug-likeness (QED) is 0.636. The van der Waals surface area contributed by atoms with Crippen LogP contribution in [0, 0.1) is 0 Å². The van der Waals surface area contributed by atoms with Crippen molar-refractivity contribution in [3.8, 4) is 0 Å². The van der Waals surface area contributed by atoms with E-state index >= 15 is 0 Å². The van der Waals surface area contributed by atoms with Crippen LogP contribution in [0.15, 0.2) is 35.0 Å². The van der Waals surface area contributed by atoms with Crippen LogP contribution in [0.3, 0.4) is 0 Å². The van der Waals surface area contributed by atoms with Crippen molar-refractivity contribution in [3.05, 3.63) is 47.7 Å². The number of fused-ring (bicyclic) bond motifs is 1. The number of benzene rings is 1. The van der Waals surface area contributed by atoms with Gasteiger partial charge in [-0.2, -0.15) is 4.98 Å². The first-order valence-electron chi connectivity index (χ1n) is 8.18. The van der Waals surface area contributed by atoms with E-state index < -0.39 is 0 Å². The van der Waals surface area contributed by atoms with Crippen molar-refractivity contribution >= 4 is 10.9 Å². The predicted octanol–water partition coefficient (Wildman–Crippen LogP) is 4.83. The van der Waals surface area contributed by atoms with Crippen molar-refractivity contribution in [1.82, 2.24) is 15.1 Å². The zero-order valence-corrected chi connectivity index (χ0v) is 13.3. The Morgan fingerprint density at radius 3 is 2.91 bits per heavy atom. The van der Waals surface area contributed by atoms with Gasteiger partial charge in [-0.05, 0) is 18.1 Å². The molecule has 3 aromatic rings. The third-order valence-corrected chi connectivity index (χ3v) is 4.20. The molecule has 0 aliphatic carbocycles. The summed E-state index contributed by atoms with van der Waals surface area (Å²) in [5.74, 6) is 1.66. The van der Waals surface area contributed by atoms with Crippen molar-refractivity contribution in [3.63, 3.8) is 0 Å². The van der Waals surface area contributed by atoms with E-state index in [0.717, 1.165) is 30.1 Å². The van der Waals surface area contributed by atoms with Crippen LogP contribution < -0.4 is 0 Å². The fourth-order valence-electron chi connectivity index (χ4n) is 2.84. The second-order valence-electron chi connectivity index (χ2n) is 5.87. The fraction of sp³-hybridized carbons (Fsp3) is 0.444. The SMILES string of the molecule is CCCCCCc1nc(C(C)c2c[nH]c3ccccc23)no1. The van der Waals surface area contributed by atoms with Gasteiger partial charge >= 0.3 is 0 Å². The van der Waals surface area contributed by atoms with Gasteiger partial charge in [0.15, 0.2) is 5.82 Å². The highest BCUT2D eigenvalue weighted by atomic mass is 16.5. The minimum atomic E-state index is 0.129. The maximum Gasteiger partial charge on any atom is 0.226 e. The highest BCUT2D eigenvalue weighted by Gasteiger charge is 2.18. The lowest BCUT2D eigenvalue weighted by molar-refractivity contribution is 0.367. The minimum Gasteiger partial charge on any atom is -0.361 e. The lowest BCUT2D eigenvalue weighted by atomic mass is 10.00. The van der Waals surface area contributed by atoms with Gasteiger partial charge in [0.2, 0.25) is 5.89 Å². The predicted molar refractivity (Wildman–Crippen MR) is 88.0 cm³/mol. The molecule has 4 heteroatoms. The Kier molecular flexibility index (Phi) is 4.56. The number of hydrogen-bond donors (Lipinski definition) is 1. The van der Waals surface area contributed by atoms with Crippen LogP contribution in [0.2, 0.25) is 0 Å². The Hall–Kier alpha value is -2.10. The van der Waals surface area contributed by atoms with Crippen molar-refractivity contribution in [2.75, 3.05) is 0 Å². The lowest BCUT2D eigenvalue weighted by Crippen LogP contribution is -1.98. The van der Waals surface area contributed by atoms with Crippen molar-refractivity contribution in [2.45, 2.75) is 51.9 Å². The van der Waals surface area contributed by atoms with Crippen molar-refractivity contribution < 1.29 is 4.52 Å². The molecule has 1 unspecified atom stereocenters. The summed E-state index contributed by atoms with van der Waals surface area (Å²) in [7, 11) is 0. The summed E-state index contributed by atoms with van der Waals surface area (Å²) in [5.41, 5.74) is 2.36. The maximum absolute atomic E-state index is 5.40. The lowest BCUT2D eigenvalue weighted by Gasteiger charge is -2.04. The summed E-state index contributed by atoms with van der Waals surface area (Å²) in [5, 5.41) is 5.40. The molecule has 2 heterocycles. The molecular weight excluding hydrogens is 274 g/mol. The molecule has 4 nitrogen and oxygen atoms in total. The van der Waals surface area contributed by atoms with E-state index in [0.29, 0.717) is 0 Å². The first-order valence-corrected chi connectivity index (χ1v) is 8.18. The molecule has 0 aliphatic heterocycles. The third kappa shape index (κ3) is 3.06. The van der Waals surface area contributed by atoms with E-state index in [9.17, 15) is 0 Å². The number of aromatic nitrogens is 3. The second kappa shape index (κ2) is 6.77. The number of nitrogens with zero attached hydrogens (tertiary/aromatic N) is 2. The number of H-pyrrole nitrogens is 1. The molecule has 22 heavy (non-hydrogen) atoms. The molecule has 0 saturated heterocycles. The summed E-state index contributed by atoms with van der Waals surface area (Å²) in [6.07, 6.45) is 7.79. The summed E-state index contributed by atoms with van der Waals surface area (Å²) in [4.78, 5) is 7.89. The minimum absolute atomic E-state index is 0.129. The Labute approximate surface area is 130 Å². The van der Waals surface area contributed by atoms with Crippen LogP contribution in [0.4, 0.5) is 0 Å². The largest absolute Gasteiger partial charge is 0.361 e. The van der Waals surface area contributed by atoms with Gasteiger partial charge < -0.3 is 9.51 Å². The van der Waals surface area contributed by atoms with Crippen molar-refractivity contribution in [2.24, 2.45) is 0 Å². The molecule has 3 rings (SSSR count). The Morgan fingerprint density at radius 2 is 2.05 bits per heavy atom. The van der Waals surface area contributed by atoms with Crippen LogP contribution in [0.25, 0.3) is 10.9 Å². The molecule has 0 bridgehead atoms. The van der Waals surface area contributed by atoms with E-state index in [4.69, 9.17) is 4.52 Å². The zero-order chi connectivity index (χ0) is 15.4. The van der Waals surface area contributed by atoms with Crippen LogP contribution in [-0.2, 0) is 6.42 Å². The molecule has 0 fully saturated rings. The number of hydrogen-bond acceptors (Lipinski definition) is 3. The first kappa shape index (κ1) is 14.8. The van der Waals surface area contributed by atoms with Gasteiger partial charge in [-0.3, -0.25) is 0 Å². The maximum atomic E-state index is 5.40. The third-order valence-electron chi connectivity index (χ3n) is 4.20. The van der Waals surface area contributed by atoms with Gasteiger partial charge in [-0.15, -0.1) is 0 Å². The average molecular weight is 297 g/mol. The van der Waals surface area contributed by atoms with Gasteiger partial charge in [0.1, 0.15) is 0 Å². The van der Waals surface area contributed by atoms with E-state index in [1.54, 1.807) is 0 Å². The molecule has 1 atom stereocenters. The smallest absolute Gasteiger partial charge is 0.226 e. The van der Waals surface area contributed by atoms with Gasteiger partial charge in [0, 0.05) is 29.4 Å². The molecule has 116 valence electrons. The van der Waals surface area contributed by atoms with E-state index in [-0.39, 0.29) is 5.92 Å². The summed E-state index contributed by atoms with van der Waals surface area (Å²) < 4.78 is 5.40. The van der Waals surface area contributed by atoms with E-state index in [1.807, 2.05) is 12.3 Å². The van der Waals surface area contributed by atoms with Crippen LogP contribution in [0.5, 0.6) is 0 Å². The fourth-order valence-corrected chi connectivity index (χ4v) is 2.84. The molecule has 0 aliphatic rings. The number of rotatable bonds is 7. The molecule has 0 spiro atoms. The molecule has 1 N–H and O–H groups in total. The number of nitrogens with one attached hydrogen (secondary N) is 1. The number of aryl methyl sites for hydroxylation is 1. The monoisotopic (exact) mass is 297 g/mol. The van der Waals surface area contributed by atoms with Gasteiger partial charge in [-0.1, -0.05) is 56.5 Å². The molecule has 1 aromatic carbocycles. The molecule has 0 saturated carbocycles. The molecule has 0 radical (unpaired) electrons. The van der Waals surface area contributed by atoms with Gasteiger partial charge in [0.05, 0.1) is 0 Å². The van der Waals surface area contributed by atoms with E-state index in [1.165, 1.54) is 30.2 Å². The Morgan fingerprint density at radius 1 is 1.18 bits per heavy atom. The summed E-state index contributed by atoms with van der Waals surface area (Å²) >= 11 is 0. The average Bonchev–Trinajstić information content (AvgIpc) is 3.18. The van der Waals surface area contributed by atoms with E-state index in [2.05, 4.69) is 47.2 Å². The highest BCUT2D eigenvalue weighted by molar-refractivity contribution is 5.83. The highest BCUT2D eigenvalue weighted by Crippen LogP contribution is 2.28. The second-order valence-corrected chi connectivity index (χ2v) is 5.87. The normalized spacial score (nSPS) is 12.8. The molecule has 2 aromatic heterocycles. The van der Waals surface area contributed by atoms with Crippen molar-refractivity contribution in [1.29, 1.82) is 0 Å². The molecular formula is C18H23N3O. The topological polar surface area (TPSA) is 54.7 Å². The standard InChI is InChI=1S/C18H23N3O/c1-3-4-5-6-11-17-20-18(21-22-17)13(2)15-12-19-16-10-8-7-9-14(15)16/h7-10,12-13,19H,3-6,11H2,1-2H3. The molecule has 0 amide bonds. The number of unbranched alkanes of at least 4 members (excludes halogenated alkanes) is 3. The zero-order valence-electron chi connectivity index (χ0n) is 13.3. The van der Waals surface area contributed by atoms with Crippen LogP contribution >= 0.6 is 0 Å². The number of para-hydroxylation sites is 1. The Bertz CT molecular complexity index is 729. The van der Waals surface area contributed by atoms with Gasteiger partial charge in [-0.25, -0.2) is 0 Å².